The highest BCUT2D eigenvalue weighted by atomic mass is 16.5. The second kappa shape index (κ2) is 5.65. The van der Waals surface area contributed by atoms with Gasteiger partial charge in [-0.15, -0.1) is 0 Å². The van der Waals surface area contributed by atoms with Crippen molar-refractivity contribution in [2.75, 3.05) is 25.1 Å². The number of piperidine rings is 1. The van der Waals surface area contributed by atoms with E-state index in [1.54, 1.807) is 13.4 Å². The fraction of sp³-hybridized carbons (Fsp3) is 0.474. The number of fused-ring (bicyclic) bond motifs is 3. The third-order valence-electron chi connectivity index (χ3n) is 5.13. The highest BCUT2D eigenvalue weighted by molar-refractivity contribution is 6.09. The van der Waals surface area contributed by atoms with E-state index in [0.717, 1.165) is 46.6 Å². The van der Waals surface area contributed by atoms with Crippen LogP contribution in [0.2, 0.25) is 0 Å². The van der Waals surface area contributed by atoms with Crippen LogP contribution in [0.3, 0.4) is 0 Å². The van der Waals surface area contributed by atoms with Crippen LogP contribution in [0, 0.1) is 11.8 Å². The summed E-state index contributed by atoms with van der Waals surface area (Å²) in [6, 6.07) is 6.16. The molecule has 1 aliphatic heterocycles. The van der Waals surface area contributed by atoms with Crippen LogP contribution in [-0.2, 0) is 7.05 Å². The molecule has 0 N–H and O–H groups in total. The normalized spacial score (nSPS) is 21.6. The van der Waals surface area contributed by atoms with Crippen molar-refractivity contribution in [2.24, 2.45) is 18.9 Å². The van der Waals surface area contributed by atoms with Gasteiger partial charge in [0, 0.05) is 25.5 Å². The van der Waals surface area contributed by atoms with Crippen LogP contribution in [0.4, 0.5) is 5.82 Å². The first-order valence-electron chi connectivity index (χ1n) is 8.60. The standard InChI is InChI=1S/C19H24N4O/c1-12-7-13(2)10-23(9-12)19-18-17(20-11-21-19)15-8-14(24-4)5-6-16(15)22(18)3/h5-6,8,11-13H,7,9-10H2,1-4H3/t12-,13+. The summed E-state index contributed by atoms with van der Waals surface area (Å²) in [6.07, 6.45) is 2.98. The Balaban J connectivity index is 1.94. The van der Waals surface area contributed by atoms with Gasteiger partial charge in [-0.2, -0.15) is 0 Å². The molecule has 3 aromatic rings. The summed E-state index contributed by atoms with van der Waals surface area (Å²) in [5.41, 5.74) is 3.27. The average molecular weight is 324 g/mol. The summed E-state index contributed by atoms with van der Waals surface area (Å²) in [5.74, 6) is 3.29. The summed E-state index contributed by atoms with van der Waals surface area (Å²) < 4.78 is 7.60. The van der Waals surface area contributed by atoms with Gasteiger partial charge in [-0.3, -0.25) is 0 Å². The molecule has 2 atom stereocenters. The molecule has 3 heterocycles. The Kier molecular flexibility index (Phi) is 3.59. The first kappa shape index (κ1) is 15.2. The molecule has 126 valence electrons. The molecule has 24 heavy (non-hydrogen) atoms. The predicted molar refractivity (Wildman–Crippen MR) is 97.7 cm³/mol. The summed E-state index contributed by atoms with van der Waals surface area (Å²) >= 11 is 0. The molecular weight excluding hydrogens is 300 g/mol. The molecule has 0 aliphatic carbocycles. The topological polar surface area (TPSA) is 43.2 Å². The molecule has 1 aromatic carbocycles. The number of hydrogen-bond donors (Lipinski definition) is 0. The van der Waals surface area contributed by atoms with Crippen molar-refractivity contribution in [2.45, 2.75) is 20.3 Å². The molecule has 0 amide bonds. The van der Waals surface area contributed by atoms with Crippen LogP contribution in [0.15, 0.2) is 24.5 Å². The lowest BCUT2D eigenvalue weighted by Gasteiger charge is -2.36. The second-order valence-corrected chi connectivity index (χ2v) is 7.19. The summed E-state index contributed by atoms with van der Waals surface area (Å²) in [7, 11) is 3.80. The highest BCUT2D eigenvalue weighted by Crippen LogP contribution is 2.35. The van der Waals surface area contributed by atoms with E-state index in [1.807, 2.05) is 6.07 Å². The van der Waals surface area contributed by atoms with Crippen molar-refractivity contribution in [1.82, 2.24) is 14.5 Å². The minimum atomic E-state index is 0.688. The second-order valence-electron chi connectivity index (χ2n) is 7.19. The molecule has 0 bridgehead atoms. The van der Waals surface area contributed by atoms with Crippen LogP contribution in [0.1, 0.15) is 20.3 Å². The Morgan fingerprint density at radius 1 is 1.12 bits per heavy atom. The number of methoxy groups -OCH3 is 1. The molecule has 2 aromatic heterocycles. The van der Waals surface area contributed by atoms with Gasteiger partial charge in [0.1, 0.15) is 23.1 Å². The Hall–Kier alpha value is -2.30. The average Bonchev–Trinajstić information content (AvgIpc) is 2.86. The largest absolute Gasteiger partial charge is 0.497 e. The fourth-order valence-electron chi connectivity index (χ4n) is 4.19. The van der Waals surface area contributed by atoms with Crippen LogP contribution in [0.5, 0.6) is 5.75 Å². The number of nitrogens with zero attached hydrogens (tertiary/aromatic N) is 4. The van der Waals surface area contributed by atoms with Gasteiger partial charge in [0.25, 0.3) is 0 Å². The molecule has 0 unspecified atom stereocenters. The Morgan fingerprint density at radius 2 is 1.88 bits per heavy atom. The zero-order chi connectivity index (χ0) is 16.8. The maximum Gasteiger partial charge on any atom is 0.156 e. The molecule has 0 radical (unpaired) electrons. The quantitative estimate of drug-likeness (QED) is 0.722. The third-order valence-corrected chi connectivity index (χ3v) is 5.13. The van der Waals surface area contributed by atoms with Gasteiger partial charge in [0.2, 0.25) is 0 Å². The maximum atomic E-state index is 5.39. The monoisotopic (exact) mass is 324 g/mol. The van der Waals surface area contributed by atoms with Gasteiger partial charge in [-0.25, -0.2) is 9.97 Å². The maximum absolute atomic E-state index is 5.39. The van der Waals surface area contributed by atoms with Gasteiger partial charge >= 0.3 is 0 Å². The van der Waals surface area contributed by atoms with Crippen molar-refractivity contribution in [3.05, 3.63) is 24.5 Å². The van der Waals surface area contributed by atoms with Gasteiger partial charge in [-0.05, 0) is 36.5 Å². The van der Waals surface area contributed by atoms with Gasteiger partial charge < -0.3 is 14.2 Å². The first-order valence-corrected chi connectivity index (χ1v) is 8.60. The molecule has 1 saturated heterocycles. The van der Waals surface area contributed by atoms with E-state index in [9.17, 15) is 0 Å². The number of hydrogen-bond acceptors (Lipinski definition) is 4. The number of rotatable bonds is 2. The smallest absolute Gasteiger partial charge is 0.156 e. The summed E-state index contributed by atoms with van der Waals surface area (Å²) in [5, 5.41) is 1.12. The number of benzene rings is 1. The molecule has 4 rings (SSSR count). The van der Waals surface area contributed by atoms with Crippen molar-refractivity contribution in [3.63, 3.8) is 0 Å². The van der Waals surface area contributed by atoms with Crippen molar-refractivity contribution in [1.29, 1.82) is 0 Å². The van der Waals surface area contributed by atoms with Crippen LogP contribution >= 0.6 is 0 Å². The van der Waals surface area contributed by atoms with E-state index >= 15 is 0 Å². The molecule has 5 heteroatoms. The van der Waals surface area contributed by atoms with E-state index in [4.69, 9.17) is 4.74 Å². The zero-order valence-corrected chi connectivity index (χ0v) is 14.8. The van der Waals surface area contributed by atoms with E-state index in [1.165, 1.54) is 6.42 Å². The molecule has 1 aliphatic rings. The molecule has 0 saturated carbocycles. The Morgan fingerprint density at radius 3 is 2.58 bits per heavy atom. The third kappa shape index (κ3) is 2.30. The number of aromatic nitrogens is 3. The van der Waals surface area contributed by atoms with Crippen molar-refractivity contribution in [3.8, 4) is 5.75 Å². The van der Waals surface area contributed by atoms with Crippen LogP contribution < -0.4 is 9.64 Å². The lowest BCUT2D eigenvalue weighted by atomic mass is 9.92. The van der Waals surface area contributed by atoms with E-state index < -0.39 is 0 Å². The molecular formula is C19H24N4O. The minimum absolute atomic E-state index is 0.688. The minimum Gasteiger partial charge on any atom is -0.497 e. The highest BCUT2D eigenvalue weighted by Gasteiger charge is 2.26. The molecule has 1 fully saturated rings. The first-order chi connectivity index (χ1) is 11.6. The number of anilines is 1. The fourth-order valence-corrected chi connectivity index (χ4v) is 4.19. The lowest BCUT2D eigenvalue weighted by Crippen LogP contribution is -2.39. The van der Waals surface area contributed by atoms with Gasteiger partial charge in [0.05, 0.1) is 12.6 Å². The zero-order valence-electron chi connectivity index (χ0n) is 14.8. The Bertz CT molecular complexity index is 891. The molecule has 0 spiro atoms. The lowest BCUT2D eigenvalue weighted by molar-refractivity contribution is 0.355. The van der Waals surface area contributed by atoms with Gasteiger partial charge in [0.15, 0.2) is 5.82 Å². The van der Waals surface area contributed by atoms with Crippen LogP contribution in [0.25, 0.3) is 21.9 Å². The van der Waals surface area contributed by atoms with Crippen molar-refractivity contribution >= 4 is 27.8 Å². The summed E-state index contributed by atoms with van der Waals surface area (Å²) in [4.78, 5) is 11.7. The molecule has 5 nitrogen and oxygen atoms in total. The van der Waals surface area contributed by atoms with E-state index in [0.29, 0.717) is 11.8 Å². The van der Waals surface area contributed by atoms with E-state index in [-0.39, 0.29) is 0 Å². The number of ether oxygens (including phenoxy) is 1. The van der Waals surface area contributed by atoms with Crippen LogP contribution in [-0.4, -0.2) is 34.7 Å². The SMILES string of the molecule is COc1ccc2c(c1)c1ncnc(N3C[C@H](C)C[C@H](C)C3)c1n2C. The number of aryl methyl sites for hydroxylation is 1. The Labute approximate surface area is 142 Å². The van der Waals surface area contributed by atoms with E-state index in [2.05, 4.69) is 52.5 Å². The predicted octanol–water partition coefficient (Wildman–Crippen LogP) is 3.61. The van der Waals surface area contributed by atoms with Crippen molar-refractivity contribution < 1.29 is 4.74 Å². The summed E-state index contributed by atoms with van der Waals surface area (Å²) in [6.45, 7) is 6.77. The van der Waals surface area contributed by atoms with Gasteiger partial charge in [-0.1, -0.05) is 13.8 Å².